The van der Waals surface area contributed by atoms with Crippen LogP contribution in [0.5, 0.6) is 0 Å². The first-order chi connectivity index (χ1) is 15.9. The van der Waals surface area contributed by atoms with E-state index in [1.807, 2.05) is 30.3 Å². The number of benzene rings is 2. The summed E-state index contributed by atoms with van der Waals surface area (Å²) >= 11 is 0. The lowest BCUT2D eigenvalue weighted by atomic mass is 10.2. The van der Waals surface area contributed by atoms with E-state index in [1.165, 1.54) is 6.07 Å². The second-order valence-corrected chi connectivity index (χ2v) is 10.2. The number of halogens is 1. The third-order valence-corrected chi connectivity index (χ3v) is 8.06. The quantitative estimate of drug-likeness (QED) is 0.428. The Morgan fingerprint density at radius 1 is 1.03 bits per heavy atom. The molecule has 2 aromatic carbocycles. The minimum atomic E-state index is -3.63. The Kier molecular flexibility index (Phi) is 5.37. The highest BCUT2D eigenvalue weighted by molar-refractivity contribution is 7.92. The van der Waals surface area contributed by atoms with Crippen LogP contribution in [-0.4, -0.2) is 39.7 Å². The molecule has 2 N–H and O–H groups in total. The van der Waals surface area contributed by atoms with E-state index in [-0.39, 0.29) is 16.4 Å². The van der Waals surface area contributed by atoms with E-state index >= 15 is 0 Å². The van der Waals surface area contributed by atoms with Gasteiger partial charge in [-0.05, 0) is 43.2 Å². The van der Waals surface area contributed by atoms with Gasteiger partial charge in [-0.1, -0.05) is 37.1 Å². The smallest absolute Gasteiger partial charge is 0.261 e. The first-order valence-corrected chi connectivity index (χ1v) is 12.1. The standard InChI is InChI=1S/C23H20FN5O3S/c24-18-11-10-16(33(31,32)15-6-2-3-7-15)13-17(18)22(30)27-23-26-21(28-29-23)20-12-9-14-5-1-4-8-19(14)25-20/h1,4-5,8-13,15H,2-3,6-7H2,(H2,26,27,28,29,30). The van der Waals surface area contributed by atoms with Gasteiger partial charge >= 0.3 is 0 Å². The van der Waals surface area contributed by atoms with Crippen molar-refractivity contribution in [3.63, 3.8) is 0 Å². The maximum atomic E-state index is 14.4. The molecule has 33 heavy (non-hydrogen) atoms. The number of aromatic nitrogens is 4. The Hall–Kier alpha value is -3.66. The largest absolute Gasteiger partial charge is 0.289 e. The monoisotopic (exact) mass is 465 g/mol. The Bertz CT molecular complexity index is 1460. The minimum Gasteiger partial charge on any atom is -0.289 e. The normalized spacial score (nSPS) is 14.6. The molecular weight excluding hydrogens is 445 g/mol. The number of rotatable bonds is 5. The van der Waals surface area contributed by atoms with Crippen LogP contribution in [0, 0.1) is 5.82 Å². The number of nitrogens with one attached hydrogen (secondary N) is 2. The van der Waals surface area contributed by atoms with Crippen molar-refractivity contribution >= 4 is 32.6 Å². The van der Waals surface area contributed by atoms with Crippen LogP contribution in [0.4, 0.5) is 10.3 Å². The van der Waals surface area contributed by atoms with Gasteiger partial charge < -0.3 is 0 Å². The molecule has 1 amide bonds. The molecular formula is C23H20FN5O3S. The van der Waals surface area contributed by atoms with Gasteiger partial charge in [0.2, 0.25) is 5.95 Å². The van der Waals surface area contributed by atoms with Crippen LogP contribution < -0.4 is 5.32 Å². The summed E-state index contributed by atoms with van der Waals surface area (Å²) in [7, 11) is -3.63. The van der Waals surface area contributed by atoms with Crippen LogP contribution in [0.25, 0.3) is 22.4 Å². The van der Waals surface area contributed by atoms with Crippen molar-refractivity contribution in [1.29, 1.82) is 0 Å². The number of carbonyl (C=O) groups is 1. The molecule has 1 aliphatic rings. The van der Waals surface area contributed by atoms with Crippen LogP contribution in [-0.2, 0) is 9.84 Å². The van der Waals surface area contributed by atoms with Crippen molar-refractivity contribution in [2.24, 2.45) is 0 Å². The molecule has 0 spiro atoms. The van der Waals surface area contributed by atoms with Crippen LogP contribution in [0.3, 0.4) is 0 Å². The van der Waals surface area contributed by atoms with Gasteiger partial charge in [0.25, 0.3) is 5.91 Å². The first-order valence-electron chi connectivity index (χ1n) is 10.6. The van der Waals surface area contributed by atoms with Crippen molar-refractivity contribution in [3.8, 4) is 11.5 Å². The van der Waals surface area contributed by atoms with Gasteiger partial charge in [-0.2, -0.15) is 4.98 Å². The van der Waals surface area contributed by atoms with E-state index in [4.69, 9.17) is 0 Å². The first kappa shape index (κ1) is 21.2. The number of H-pyrrole nitrogens is 1. The molecule has 0 unspecified atom stereocenters. The average molecular weight is 466 g/mol. The predicted octanol–water partition coefficient (Wildman–Crippen LogP) is 4.13. The predicted molar refractivity (Wildman–Crippen MR) is 121 cm³/mol. The second-order valence-electron chi connectivity index (χ2n) is 7.94. The van der Waals surface area contributed by atoms with E-state index in [2.05, 4.69) is 25.5 Å². The molecule has 1 aliphatic carbocycles. The number of para-hydroxylation sites is 1. The zero-order chi connectivity index (χ0) is 23.0. The van der Waals surface area contributed by atoms with Gasteiger partial charge in [0.1, 0.15) is 11.5 Å². The van der Waals surface area contributed by atoms with Crippen molar-refractivity contribution in [2.45, 2.75) is 35.8 Å². The summed E-state index contributed by atoms with van der Waals surface area (Å²) in [5.41, 5.74) is 0.918. The van der Waals surface area contributed by atoms with E-state index in [0.717, 1.165) is 35.9 Å². The summed E-state index contributed by atoms with van der Waals surface area (Å²) in [6, 6.07) is 14.5. The fourth-order valence-electron chi connectivity index (χ4n) is 4.05. The van der Waals surface area contributed by atoms with E-state index in [0.29, 0.717) is 24.4 Å². The second kappa shape index (κ2) is 8.36. The maximum absolute atomic E-state index is 14.4. The van der Waals surface area contributed by atoms with Gasteiger partial charge in [-0.3, -0.25) is 15.2 Å². The number of sulfone groups is 1. The number of nitrogens with zero attached hydrogens (tertiary/aromatic N) is 3. The van der Waals surface area contributed by atoms with Gasteiger partial charge in [0, 0.05) is 5.39 Å². The number of hydrogen-bond donors (Lipinski definition) is 2. The summed E-state index contributed by atoms with van der Waals surface area (Å²) in [6.07, 6.45) is 2.84. The summed E-state index contributed by atoms with van der Waals surface area (Å²) < 4.78 is 40.1. The number of hydrogen-bond acceptors (Lipinski definition) is 6. The van der Waals surface area contributed by atoms with Crippen molar-refractivity contribution in [3.05, 3.63) is 66.0 Å². The Morgan fingerprint density at radius 2 is 1.82 bits per heavy atom. The van der Waals surface area contributed by atoms with E-state index < -0.39 is 26.8 Å². The lowest BCUT2D eigenvalue weighted by Crippen LogP contribution is -2.20. The van der Waals surface area contributed by atoms with Crippen molar-refractivity contribution in [1.82, 2.24) is 20.2 Å². The molecule has 168 valence electrons. The summed E-state index contributed by atoms with van der Waals surface area (Å²) in [5, 5.41) is 9.55. The lowest BCUT2D eigenvalue weighted by Gasteiger charge is -2.12. The molecule has 1 fully saturated rings. The zero-order valence-electron chi connectivity index (χ0n) is 17.5. The highest BCUT2D eigenvalue weighted by atomic mass is 32.2. The maximum Gasteiger partial charge on any atom is 0.261 e. The molecule has 0 bridgehead atoms. The number of amides is 1. The molecule has 2 aromatic heterocycles. The zero-order valence-corrected chi connectivity index (χ0v) is 18.3. The molecule has 10 heteroatoms. The van der Waals surface area contributed by atoms with E-state index in [9.17, 15) is 17.6 Å². The Morgan fingerprint density at radius 3 is 2.64 bits per heavy atom. The van der Waals surface area contributed by atoms with Gasteiger partial charge in [-0.15, -0.1) is 5.10 Å². The number of fused-ring (bicyclic) bond motifs is 1. The molecule has 0 radical (unpaired) electrons. The fraction of sp³-hybridized carbons (Fsp3) is 0.217. The SMILES string of the molecule is O=C(Nc1n[nH]c(-c2ccc3ccccc3n2)n1)c1cc(S(=O)(=O)C2CCCC2)ccc1F. The van der Waals surface area contributed by atoms with Gasteiger partial charge in [-0.25, -0.2) is 17.8 Å². The van der Waals surface area contributed by atoms with Crippen LogP contribution >= 0.6 is 0 Å². The highest BCUT2D eigenvalue weighted by Gasteiger charge is 2.31. The van der Waals surface area contributed by atoms with Crippen LogP contribution in [0.2, 0.25) is 0 Å². The average Bonchev–Trinajstić information content (AvgIpc) is 3.52. The van der Waals surface area contributed by atoms with E-state index in [1.54, 1.807) is 6.07 Å². The summed E-state index contributed by atoms with van der Waals surface area (Å²) in [4.78, 5) is 21.4. The molecule has 0 atom stereocenters. The van der Waals surface area contributed by atoms with Crippen molar-refractivity contribution in [2.75, 3.05) is 5.32 Å². The highest BCUT2D eigenvalue weighted by Crippen LogP contribution is 2.30. The number of aromatic amines is 1. The third-order valence-electron chi connectivity index (χ3n) is 5.80. The Labute approximate surface area is 189 Å². The van der Waals surface area contributed by atoms with Crippen LogP contribution in [0.15, 0.2) is 59.5 Å². The minimum absolute atomic E-state index is 0.0583. The van der Waals surface area contributed by atoms with Crippen molar-refractivity contribution < 1.29 is 17.6 Å². The Balaban J connectivity index is 1.38. The topological polar surface area (TPSA) is 118 Å². The van der Waals surface area contributed by atoms with Gasteiger partial charge in [0.05, 0.1) is 21.2 Å². The molecule has 2 heterocycles. The summed E-state index contributed by atoms with van der Waals surface area (Å²) in [5.74, 6) is -1.42. The van der Waals surface area contributed by atoms with Gasteiger partial charge in [0.15, 0.2) is 15.7 Å². The molecule has 8 nitrogen and oxygen atoms in total. The summed E-state index contributed by atoms with van der Waals surface area (Å²) in [6.45, 7) is 0. The van der Waals surface area contributed by atoms with Crippen LogP contribution in [0.1, 0.15) is 36.0 Å². The molecule has 0 aliphatic heterocycles. The lowest BCUT2D eigenvalue weighted by molar-refractivity contribution is 0.102. The number of carbonyl (C=O) groups excluding carboxylic acids is 1. The number of pyridine rings is 1. The number of anilines is 1. The molecule has 1 saturated carbocycles. The molecule has 0 saturated heterocycles. The molecule has 4 aromatic rings. The fourth-order valence-corrected chi connectivity index (χ4v) is 5.92. The third kappa shape index (κ3) is 4.09. The molecule has 5 rings (SSSR count).